The van der Waals surface area contributed by atoms with Crippen molar-refractivity contribution in [2.24, 2.45) is 0 Å². The number of carbonyl (C=O) groups is 1. The van der Waals surface area contributed by atoms with Crippen LogP contribution in [0, 0.1) is 0 Å². The fourth-order valence-corrected chi connectivity index (χ4v) is 3.33. The van der Waals surface area contributed by atoms with Gasteiger partial charge in [0.25, 0.3) is 5.56 Å². The summed E-state index contributed by atoms with van der Waals surface area (Å²) in [6.07, 6.45) is 1.93. The molecule has 0 aliphatic heterocycles. The number of unbranched alkanes of at least 4 members (excludes halogenated alkanes) is 1. The minimum atomic E-state index is -0.175. The highest BCUT2D eigenvalue weighted by atomic mass is 16.5. The molecule has 3 aromatic rings. The molecule has 0 atom stereocenters. The molecule has 0 aliphatic rings. The van der Waals surface area contributed by atoms with Crippen molar-refractivity contribution >= 4 is 22.5 Å². The van der Waals surface area contributed by atoms with Crippen LogP contribution in [0.15, 0.2) is 47.3 Å². The van der Waals surface area contributed by atoms with Gasteiger partial charge in [-0.1, -0.05) is 25.5 Å². The predicted molar refractivity (Wildman–Crippen MR) is 121 cm³/mol. The number of anilines is 1. The highest BCUT2D eigenvalue weighted by Crippen LogP contribution is 2.29. The number of benzene rings is 2. The summed E-state index contributed by atoms with van der Waals surface area (Å²) >= 11 is 0. The van der Waals surface area contributed by atoms with Crippen molar-refractivity contribution in [3.63, 3.8) is 0 Å². The average molecular weight is 425 g/mol. The molecule has 1 heterocycles. The molecule has 3 rings (SSSR count). The molecule has 8 heteroatoms. The fraction of sp³-hybridized carbons (Fsp3) is 0.348. The zero-order chi connectivity index (χ0) is 22.2. The Bertz CT molecular complexity index is 1100. The second-order valence-corrected chi connectivity index (χ2v) is 7.21. The Labute approximate surface area is 181 Å². The molecule has 31 heavy (non-hydrogen) atoms. The highest BCUT2D eigenvalue weighted by molar-refractivity contribution is 5.92. The maximum absolute atomic E-state index is 12.7. The van der Waals surface area contributed by atoms with Gasteiger partial charge in [0.05, 0.1) is 38.2 Å². The van der Waals surface area contributed by atoms with Gasteiger partial charge < -0.3 is 19.8 Å². The third kappa shape index (κ3) is 5.82. The van der Waals surface area contributed by atoms with Gasteiger partial charge >= 0.3 is 0 Å². The number of amides is 1. The number of fused-ring (bicyclic) bond motifs is 1. The molecule has 0 saturated carbocycles. The summed E-state index contributed by atoms with van der Waals surface area (Å²) in [5, 5.41) is 3.45. The average Bonchev–Trinajstić information content (AvgIpc) is 2.77. The van der Waals surface area contributed by atoms with Crippen LogP contribution in [0.1, 0.15) is 25.6 Å². The number of aromatic amines is 1. The van der Waals surface area contributed by atoms with Crippen molar-refractivity contribution in [1.82, 2.24) is 14.9 Å². The van der Waals surface area contributed by atoms with Crippen molar-refractivity contribution in [1.29, 1.82) is 0 Å². The van der Waals surface area contributed by atoms with E-state index in [2.05, 4.69) is 22.2 Å². The molecule has 0 aliphatic carbocycles. The fourth-order valence-electron chi connectivity index (χ4n) is 3.33. The van der Waals surface area contributed by atoms with Gasteiger partial charge in [0.15, 0.2) is 11.5 Å². The number of ether oxygens (including phenoxy) is 2. The van der Waals surface area contributed by atoms with Gasteiger partial charge in [-0.25, -0.2) is 4.98 Å². The molecular formula is C23H28N4O4. The number of nitrogens with zero attached hydrogens (tertiary/aromatic N) is 2. The van der Waals surface area contributed by atoms with Crippen molar-refractivity contribution in [3.05, 3.63) is 58.6 Å². The first-order valence-electron chi connectivity index (χ1n) is 10.3. The summed E-state index contributed by atoms with van der Waals surface area (Å²) in [4.78, 5) is 34.4. The molecule has 0 unspecified atom stereocenters. The molecule has 2 aromatic carbocycles. The second kappa shape index (κ2) is 10.6. The number of para-hydroxylation sites is 1. The van der Waals surface area contributed by atoms with Crippen LogP contribution in [0.2, 0.25) is 0 Å². The number of methoxy groups -OCH3 is 2. The van der Waals surface area contributed by atoms with Gasteiger partial charge in [-0.3, -0.25) is 14.5 Å². The number of hydrogen-bond acceptors (Lipinski definition) is 6. The topological polar surface area (TPSA) is 96.6 Å². The molecular weight excluding hydrogens is 396 g/mol. The van der Waals surface area contributed by atoms with E-state index in [-0.39, 0.29) is 18.0 Å². The van der Waals surface area contributed by atoms with E-state index in [0.717, 1.165) is 12.8 Å². The van der Waals surface area contributed by atoms with Crippen LogP contribution in [-0.2, 0) is 11.3 Å². The molecule has 2 N–H and O–H groups in total. The van der Waals surface area contributed by atoms with Crippen LogP contribution in [0.25, 0.3) is 10.9 Å². The zero-order valence-corrected chi connectivity index (χ0v) is 18.1. The van der Waals surface area contributed by atoms with Crippen LogP contribution < -0.4 is 20.3 Å². The van der Waals surface area contributed by atoms with Crippen LogP contribution in [0.5, 0.6) is 11.5 Å². The normalized spacial score (nSPS) is 11.0. The van der Waals surface area contributed by atoms with E-state index in [4.69, 9.17) is 9.47 Å². The molecule has 1 amide bonds. The standard InChI is InChI=1S/C23H28N4O4/c1-4-5-12-27(14-21-25-18-9-7-6-8-17(18)23(29)26-21)15-22(28)24-16-10-11-19(30-2)20(13-16)31-3/h6-11,13H,4-5,12,14-15H2,1-3H3,(H,24,28)(H,25,26,29). The Morgan fingerprint density at radius 1 is 1.13 bits per heavy atom. The largest absolute Gasteiger partial charge is 0.493 e. The number of aromatic nitrogens is 2. The van der Waals surface area contributed by atoms with Gasteiger partial charge in [0.2, 0.25) is 5.91 Å². The Morgan fingerprint density at radius 3 is 2.65 bits per heavy atom. The van der Waals surface area contributed by atoms with Crippen molar-refractivity contribution in [2.75, 3.05) is 32.6 Å². The van der Waals surface area contributed by atoms with Crippen molar-refractivity contribution in [2.45, 2.75) is 26.3 Å². The van der Waals surface area contributed by atoms with Crippen molar-refractivity contribution < 1.29 is 14.3 Å². The van der Waals surface area contributed by atoms with E-state index in [1.165, 1.54) is 0 Å². The first kappa shape index (κ1) is 22.3. The van der Waals surface area contributed by atoms with E-state index < -0.39 is 0 Å². The Hall–Kier alpha value is -3.39. The number of carbonyl (C=O) groups excluding carboxylic acids is 1. The lowest BCUT2D eigenvalue weighted by Crippen LogP contribution is -2.34. The Balaban J connectivity index is 1.72. The van der Waals surface area contributed by atoms with Crippen LogP contribution in [0.3, 0.4) is 0 Å². The molecule has 1 aromatic heterocycles. The lowest BCUT2D eigenvalue weighted by atomic mass is 10.2. The summed E-state index contributed by atoms with van der Waals surface area (Å²) < 4.78 is 10.5. The molecule has 0 bridgehead atoms. The molecule has 164 valence electrons. The molecule has 0 spiro atoms. The number of hydrogen-bond donors (Lipinski definition) is 2. The van der Waals surface area contributed by atoms with E-state index >= 15 is 0 Å². The van der Waals surface area contributed by atoms with E-state index in [1.807, 2.05) is 23.1 Å². The van der Waals surface area contributed by atoms with Gasteiger partial charge in [0.1, 0.15) is 5.82 Å². The minimum absolute atomic E-state index is 0.161. The van der Waals surface area contributed by atoms with Gasteiger partial charge in [-0.15, -0.1) is 0 Å². The first-order chi connectivity index (χ1) is 15.0. The summed E-state index contributed by atoms with van der Waals surface area (Å²) in [7, 11) is 3.11. The van der Waals surface area contributed by atoms with Crippen molar-refractivity contribution in [3.8, 4) is 11.5 Å². The SMILES string of the molecule is CCCCN(CC(=O)Nc1ccc(OC)c(OC)c1)Cc1nc2ccccc2c(=O)[nH]1. The third-order valence-electron chi connectivity index (χ3n) is 4.90. The number of rotatable bonds is 10. The lowest BCUT2D eigenvalue weighted by Gasteiger charge is -2.21. The highest BCUT2D eigenvalue weighted by Gasteiger charge is 2.14. The van der Waals surface area contributed by atoms with Crippen LogP contribution in [-0.4, -0.2) is 48.1 Å². The number of H-pyrrole nitrogens is 1. The predicted octanol–water partition coefficient (Wildman–Crippen LogP) is 3.18. The van der Waals surface area contributed by atoms with E-state index in [9.17, 15) is 9.59 Å². The zero-order valence-electron chi connectivity index (χ0n) is 18.1. The monoisotopic (exact) mass is 424 g/mol. The molecule has 8 nitrogen and oxygen atoms in total. The van der Waals surface area contributed by atoms with E-state index in [1.54, 1.807) is 38.5 Å². The van der Waals surface area contributed by atoms with Gasteiger partial charge in [-0.2, -0.15) is 0 Å². The Morgan fingerprint density at radius 2 is 1.90 bits per heavy atom. The molecule has 0 fully saturated rings. The summed E-state index contributed by atoms with van der Waals surface area (Å²) in [6, 6.07) is 12.4. The quantitative estimate of drug-likeness (QED) is 0.519. The molecule has 0 saturated heterocycles. The smallest absolute Gasteiger partial charge is 0.258 e. The third-order valence-corrected chi connectivity index (χ3v) is 4.90. The lowest BCUT2D eigenvalue weighted by molar-refractivity contribution is -0.117. The Kier molecular flexibility index (Phi) is 7.61. The molecule has 0 radical (unpaired) electrons. The number of nitrogens with one attached hydrogen (secondary N) is 2. The van der Waals surface area contributed by atoms with E-state index in [0.29, 0.717) is 47.0 Å². The van der Waals surface area contributed by atoms with Crippen LogP contribution >= 0.6 is 0 Å². The summed E-state index contributed by atoms with van der Waals surface area (Å²) in [5.41, 5.74) is 1.09. The van der Waals surface area contributed by atoms with Gasteiger partial charge in [-0.05, 0) is 37.2 Å². The maximum atomic E-state index is 12.7. The van der Waals surface area contributed by atoms with Crippen LogP contribution in [0.4, 0.5) is 5.69 Å². The van der Waals surface area contributed by atoms with Gasteiger partial charge in [0, 0.05) is 11.8 Å². The minimum Gasteiger partial charge on any atom is -0.493 e. The second-order valence-electron chi connectivity index (χ2n) is 7.21. The maximum Gasteiger partial charge on any atom is 0.258 e. The summed E-state index contributed by atoms with van der Waals surface area (Å²) in [5.74, 6) is 1.52. The first-order valence-corrected chi connectivity index (χ1v) is 10.3. The summed E-state index contributed by atoms with van der Waals surface area (Å²) in [6.45, 7) is 3.36.